The maximum atomic E-state index is 4.73. The first-order valence-electron chi connectivity index (χ1n) is 5.96. The minimum absolute atomic E-state index is 0.172. The summed E-state index contributed by atoms with van der Waals surface area (Å²) in [5, 5.41) is 2.71. The fourth-order valence-corrected chi connectivity index (χ4v) is 2.65. The number of imidazole rings is 1. The van der Waals surface area contributed by atoms with E-state index in [-0.39, 0.29) is 5.25 Å². The average molecular weight is 254 g/mol. The van der Waals surface area contributed by atoms with Crippen LogP contribution in [0.15, 0.2) is 61.2 Å². The fourth-order valence-electron chi connectivity index (χ4n) is 2.23. The third-order valence-corrected chi connectivity index (χ3v) is 3.57. The van der Waals surface area contributed by atoms with E-state index in [1.807, 2.05) is 12.5 Å². The molecule has 90 valence electrons. The van der Waals surface area contributed by atoms with Gasteiger partial charge in [0, 0.05) is 24.2 Å². The molecule has 0 aliphatic rings. The van der Waals surface area contributed by atoms with Crippen LogP contribution in [-0.4, -0.2) is 9.55 Å². The number of fused-ring (bicyclic) bond motifs is 1. The van der Waals surface area contributed by atoms with Crippen LogP contribution in [0.2, 0.25) is 0 Å². The van der Waals surface area contributed by atoms with E-state index in [1.54, 1.807) is 6.20 Å². The van der Waals surface area contributed by atoms with Crippen LogP contribution in [0.25, 0.3) is 10.8 Å². The zero-order valence-electron chi connectivity index (χ0n) is 9.90. The summed E-state index contributed by atoms with van der Waals surface area (Å²) < 4.78 is 2.06. The first-order valence-corrected chi connectivity index (χ1v) is 6.48. The third kappa shape index (κ3) is 2.14. The Labute approximate surface area is 112 Å². The molecule has 0 aliphatic heterocycles. The fraction of sp³-hybridized carbons (Fsp3) is 0.133. The predicted octanol–water partition coefficient (Wildman–Crippen LogP) is 3.71. The third-order valence-electron chi connectivity index (χ3n) is 3.13. The summed E-state index contributed by atoms with van der Waals surface area (Å²) in [5.74, 6) is 0. The Kier molecular flexibility index (Phi) is 3.07. The Balaban J connectivity index is 1.98. The molecule has 1 atom stereocenters. The van der Waals surface area contributed by atoms with Crippen molar-refractivity contribution in [2.45, 2.75) is 11.8 Å². The van der Waals surface area contributed by atoms with Crippen molar-refractivity contribution in [3.8, 4) is 0 Å². The van der Waals surface area contributed by atoms with E-state index in [2.05, 4.69) is 52.0 Å². The monoisotopic (exact) mass is 254 g/mol. The van der Waals surface area contributed by atoms with E-state index in [0.29, 0.717) is 0 Å². The first kappa shape index (κ1) is 11.4. The van der Waals surface area contributed by atoms with Gasteiger partial charge >= 0.3 is 0 Å². The lowest BCUT2D eigenvalue weighted by Crippen LogP contribution is -2.02. The Hall–Kier alpha value is -1.74. The molecule has 0 aliphatic carbocycles. The second-order valence-electron chi connectivity index (χ2n) is 4.34. The van der Waals surface area contributed by atoms with Crippen LogP contribution in [0.1, 0.15) is 10.8 Å². The lowest BCUT2D eigenvalue weighted by Gasteiger charge is -2.14. The van der Waals surface area contributed by atoms with E-state index in [1.165, 1.54) is 16.3 Å². The second-order valence-corrected chi connectivity index (χ2v) is 4.97. The maximum absolute atomic E-state index is 4.73. The maximum Gasteiger partial charge on any atom is 0.0946 e. The summed E-state index contributed by atoms with van der Waals surface area (Å²) in [6, 6.07) is 14.8. The molecule has 1 unspecified atom stereocenters. The van der Waals surface area contributed by atoms with Gasteiger partial charge in [0.05, 0.1) is 6.33 Å². The summed E-state index contributed by atoms with van der Waals surface area (Å²) in [5.41, 5.74) is 1.27. The number of thiol groups is 1. The molecule has 1 heterocycles. The summed E-state index contributed by atoms with van der Waals surface area (Å²) in [6.07, 6.45) is 5.59. The highest BCUT2D eigenvalue weighted by molar-refractivity contribution is 7.80. The smallest absolute Gasteiger partial charge is 0.0946 e. The molecule has 18 heavy (non-hydrogen) atoms. The molecule has 0 saturated heterocycles. The van der Waals surface area contributed by atoms with Crippen molar-refractivity contribution < 1.29 is 0 Å². The molecule has 3 aromatic rings. The first-order chi connectivity index (χ1) is 8.84. The van der Waals surface area contributed by atoms with Crippen molar-refractivity contribution in [2.24, 2.45) is 0 Å². The largest absolute Gasteiger partial charge is 0.336 e. The van der Waals surface area contributed by atoms with Crippen LogP contribution >= 0.6 is 12.6 Å². The van der Waals surface area contributed by atoms with Crippen molar-refractivity contribution >= 4 is 23.4 Å². The number of hydrogen-bond donors (Lipinski definition) is 1. The van der Waals surface area contributed by atoms with Gasteiger partial charge in [-0.05, 0) is 16.3 Å². The lowest BCUT2D eigenvalue weighted by molar-refractivity contribution is 0.689. The van der Waals surface area contributed by atoms with E-state index < -0.39 is 0 Å². The minimum Gasteiger partial charge on any atom is -0.336 e. The van der Waals surface area contributed by atoms with E-state index in [0.717, 1.165) is 6.54 Å². The Bertz CT molecular complexity index is 641. The van der Waals surface area contributed by atoms with Crippen molar-refractivity contribution in [1.29, 1.82) is 0 Å². The molecule has 0 fully saturated rings. The molecule has 0 bridgehead atoms. The summed E-state index contributed by atoms with van der Waals surface area (Å²) in [6.45, 7) is 0.830. The standard InChI is InChI=1S/C15H14N2S/c18-15(10-17-9-8-16-11-17)14-7-3-5-12-4-1-2-6-13(12)14/h1-9,11,15,18H,10H2. The molecule has 0 N–H and O–H groups in total. The Morgan fingerprint density at radius 2 is 1.94 bits per heavy atom. The molecule has 1 aromatic heterocycles. The van der Waals surface area contributed by atoms with Crippen LogP contribution < -0.4 is 0 Å². The van der Waals surface area contributed by atoms with Gasteiger partial charge in [-0.3, -0.25) is 0 Å². The summed E-state index contributed by atoms with van der Waals surface area (Å²) in [7, 11) is 0. The van der Waals surface area contributed by atoms with Gasteiger partial charge in [0.25, 0.3) is 0 Å². The Morgan fingerprint density at radius 1 is 1.11 bits per heavy atom. The zero-order valence-corrected chi connectivity index (χ0v) is 10.8. The second kappa shape index (κ2) is 4.86. The summed E-state index contributed by atoms with van der Waals surface area (Å²) in [4.78, 5) is 4.06. The lowest BCUT2D eigenvalue weighted by atomic mass is 10.0. The van der Waals surface area contributed by atoms with Crippen LogP contribution in [0.5, 0.6) is 0 Å². The molecular formula is C15H14N2S. The van der Waals surface area contributed by atoms with Gasteiger partial charge in [-0.25, -0.2) is 4.98 Å². The number of benzene rings is 2. The van der Waals surface area contributed by atoms with E-state index in [9.17, 15) is 0 Å². The van der Waals surface area contributed by atoms with Crippen LogP contribution in [0.3, 0.4) is 0 Å². The van der Waals surface area contributed by atoms with Crippen molar-refractivity contribution in [3.05, 3.63) is 66.7 Å². The highest BCUT2D eigenvalue weighted by atomic mass is 32.1. The molecular weight excluding hydrogens is 240 g/mol. The van der Waals surface area contributed by atoms with Crippen molar-refractivity contribution in [3.63, 3.8) is 0 Å². The summed E-state index contributed by atoms with van der Waals surface area (Å²) >= 11 is 4.73. The molecule has 3 rings (SSSR count). The number of nitrogens with zero attached hydrogens (tertiary/aromatic N) is 2. The predicted molar refractivity (Wildman–Crippen MR) is 77.9 cm³/mol. The van der Waals surface area contributed by atoms with Crippen LogP contribution in [0.4, 0.5) is 0 Å². The van der Waals surface area contributed by atoms with Gasteiger partial charge < -0.3 is 4.57 Å². The van der Waals surface area contributed by atoms with E-state index in [4.69, 9.17) is 12.6 Å². The number of rotatable bonds is 3. The molecule has 2 aromatic carbocycles. The molecule has 3 heteroatoms. The molecule has 0 radical (unpaired) electrons. The van der Waals surface area contributed by atoms with Gasteiger partial charge in [-0.15, -0.1) is 0 Å². The zero-order chi connectivity index (χ0) is 12.4. The highest BCUT2D eigenvalue weighted by Gasteiger charge is 2.10. The Morgan fingerprint density at radius 3 is 2.78 bits per heavy atom. The van der Waals surface area contributed by atoms with Gasteiger partial charge in [0.1, 0.15) is 0 Å². The number of hydrogen-bond acceptors (Lipinski definition) is 2. The van der Waals surface area contributed by atoms with Crippen molar-refractivity contribution in [1.82, 2.24) is 9.55 Å². The molecule has 0 saturated carbocycles. The van der Waals surface area contributed by atoms with Gasteiger partial charge in [-0.2, -0.15) is 12.6 Å². The SMILES string of the molecule is SC(Cn1ccnc1)c1cccc2ccccc12. The van der Waals surface area contributed by atoms with Crippen LogP contribution in [0, 0.1) is 0 Å². The minimum atomic E-state index is 0.172. The highest BCUT2D eigenvalue weighted by Crippen LogP contribution is 2.29. The average Bonchev–Trinajstić information content (AvgIpc) is 2.91. The van der Waals surface area contributed by atoms with Gasteiger partial charge in [-0.1, -0.05) is 42.5 Å². The normalized spacial score (nSPS) is 12.7. The van der Waals surface area contributed by atoms with Gasteiger partial charge in [0.15, 0.2) is 0 Å². The molecule has 0 spiro atoms. The van der Waals surface area contributed by atoms with E-state index >= 15 is 0 Å². The van der Waals surface area contributed by atoms with Gasteiger partial charge in [0.2, 0.25) is 0 Å². The quantitative estimate of drug-likeness (QED) is 0.705. The molecule has 2 nitrogen and oxygen atoms in total. The number of aromatic nitrogens is 2. The topological polar surface area (TPSA) is 17.8 Å². The van der Waals surface area contributed by atoms with Crippen LogP contribution in [-0.2, 0) is 6.54 Å². The van der Waals surface area contributed by atoms with Crippen molar-refractivity contribution in [2.75, 3.05) is 0 Å². The molecule has 0 amide bonds.